The lowest BCUT2D eigenvalue weighted by Crippen LogP contribution is -2.14. The number of pyridine rings is 1. The lowest BCUT2D eigenvalue weighted by molar-refractivity contribution is 0.874. The zero-order valence-electron chi connectivity index (χ0n) is 14.6. The van der Waals surface area contributed by atoms with Crippen molar-refractivity contribution >= 4 is 11.8 Å². The molecular formula is C20H23N5. The van der Waals surface area contributed by atoms with Crippen molar-refractivity contribution in [2.24, 2.45) is 0 Å². The van der Waals surface area contributed by atoms with E-state index in [0.717, 1.165) is 30.0 Å². The van der Waals surface area contributed by atoms with Crippen LogP contribution in [0.1, 0.15) is 19.4 Å². The fourth-order valence-corrected chi connectivity index (χ4v) is 2.50. The van der Waals surface area contributed by atoms with Gasteiger partial charge in [-0.15, -0.1) is 0 Å². The third-order valence-electron chi connectivity index (χ3n) is 3.68. The van der Waals surface area contributed by atoms with Gasteiger partial charge in [0.2, 0.25) is 5.95 Å². The van der Waals surface area contributed by atoms with Gasteiger partial charge in [-0.25, -0.2) is 4.98 Å². The van der Waals surface area contributed by atoms with Crippen LogP contribution in [-0.2, 0) is 6.42 Å². The van der Waals surface area contributed by atoms with Gasteiger partial charge in [0.25, 0.3) is 0 Å². The Hall–Kier alpha value is -2.95. The van der Waals surface area contributed by atoms with Crippen molar-refractivity contribution in [1.82, 2.24) is 15.0 Å². The van der Waals surface area contributed by atoms with Crippen LogP contribution in [0.5, 0.6) is 0 Å². The Morgan fingerprint density at radius 3 is 2.44 bits per heavy atom. The molecule has 0 amide bonds. The number of rotatable bonds is 7. The molecule has 0 aliphatic carbocycles. The summed E-state index contributed by atoms with van der Waals surface area (Å²) in [7, 11) is 0. The first-order valence-corrected chi connectivity index (χ1v) is 8.54. The third kappa shape index (κ3) is 5.01. The molecule has 25 heavy (non-hydrogen) atoms. The van der Waals surface area contributed by atoms with Crippen molar-refractivity contribution in [3.63, 3.8) is 0 Å². The van der Waals surface area contributed by atoms with Crippen molar-refractivity contribution in [2.75, 3.05) is 17.2 Å². The Morgan fingerprint density at radius 1 is 0.960 bits per heavy atom. The Bertz CT molecular complexity index is 788. The normalized spacial score (nSPS) is 10.7. The minimum Gasteiger partial charge on any atom is -0.370 e. The van der Waals surface area contributed by atoms with Gasteiger partial charge in [0, 0.05) is 36.6 Å². The first kappa shape index (κ1) is 16.9. The molecule has 1 aromatic carbocycles. The van der Waals surface area contributed by atoms with Crippen molar-refractivity contribution < 1.29 is 0 Å². The maximum absolute atomic E-state index is 4.64. The summed E-state index contributed by atoms with van der Waals surface area (Å²) in [4.78, 5) is 13.3. The molecule has 0 bridgehead atoms. The van der Waals surface area contributed by atoms with Gasteiger partial charge in [-0.2, -0.15) is 4.98 Å². The van der Waals surface area contributed by atoms with Gasteiger partial charge in [-0.05, 0) is 38.0 Å². The smallest absolute Gasteiger partial charge is 0.225 e. The average molecular weight is 333 g/mol. The van der Waals surface area contributed by atoms with Crippen LogP contribution in [0.2, 0.25) is 0 Å². The van der Waals surface area contributed by atoms with E-state index in [1.807, 2.05) is 48.8 Å². The standard InChI is InChI=1S/C20H23N5/c1-15(2)23-20-24-18(17-6-4-3-5-7-17)14-19(25-20)22-13-10-16-8-11-21-12-9-16/h3-9,11-12,14-15H,10,13H2,1-2H3,(H2,22,23,24,25). The van der Waals surface area contributed by atoms with Gasteiger partial charge in [0.05, 0.1) is 5.69 Å². The molecule has 128 valence electrons. The Kier molecular flexibility index (Phi) is 5.57. The van der Waals surface area contributed by atoms with Crippen LogP contribution in [0.3, 0.4) is 0 Å². The molecule has 0 aliphatic rings. The summed E-state index contributed by atoms with van der Waals surface area (Å²) in [5.41, 5.74) is 3.24. The monoisotopic (exact) mass is 333 g/mol. The molecule has 0 spiro atoms. The van der Waals surface area contributed by atoms with Crippen molar-refractivity contribution in [3.05, 3.63) is 66.5 Å². The van der Waals surface area contributed by atoms with Gasteiger partial charge >= 0.3 is 0 Å². The highest BCUT2D eigenvalue weighted by atomic mass is 15.1. The molecule has 0 radical (unpaired) electrons. The van der Waals surface area contributed by atoms with Gasteiger partial charge < -0.3 is 10.6 Å². The minimum absolute atomic E-state index is 0.274. The molecule has 5 nitrogen and oxygen atoms in total. The van der Waals surface area contributed by atoms with E-state index in [4.69, 9.17) is 0 Å². The van der Waals surface area contributed by atoms with E-state index in [9.17, 15) is 0 Å². The number of nitrogens with zero attached hydrogens (tertiary/aromatic N) is 3. The number of benzene rings is 1. The zero-order chi connectivity index (χ0) is 17.5. The summed E-state index contributed by atoms with van der Waals surface area (Å²) in [6, 6.07) is 16.5. The van der Waals surface area contributed by atoms with Crippen LogP contribution in [0.15, 0.2) is 60.9 Å². The summed E-state index contributed by atoms with van der Waals surface area (Å²) in [5.74, 6) is 1.47. The van der Waals surface area contributed by atoms with Crippen LogP contribution in [0, 0.1) is 0 Å². The number of hydrogen-bond donors (Lipinski definition) is 2. The van der Waals surface area contributed by atoms with Gasteiger partial charge in [-0.3, -0.25) is 4.98 Å². The van der Waals surface area contributed by atoms with Crippen molar-refractivity contribution in [3.8, 4) is 11.3 Å². The zero-order valence-corrected chi connectivity index (χ0v) is 14.6. The Morgan fingerprint density at radius 2 is 1.72 bits per heavy atom. The second-order valence-corrected chi connectivity index (χ2v) is 6.16. The van der Waals surface area contributed by atoms with E-state index in [1.165, 1.54) is 5.56 Å². The van der Waals surface area contributed by atoms with E-state index in [2.05, 4.69) is 51.6 Å². The molecule has 0 aliphatic heterocycles. The van der Waals surface area contributed by atoms with Crippen LogP contribution in [-0.4, -0.2) is 27.5 Å². The minimum atomic E-state index is 0.274. The highest BCUT2D eigenvalue weighted by Crippen LogP contribution is 2.21. The molecule has 3 rings (SSSR count). The summed E-state index contributed by atoms with van der Waals surface area (Å²) in [6.07, 6.45) is 4.55. The largest absolute Gasteiger partial charge is 0.370 e. The molecule has 5 heteroatoms. The van der Waals surface area contributed by atoms with Gasteiger partial charge in [0.1, 0.15) is 5.82 Å². The summed E-state index contributed by atoms with van der Waals surface area (Å²) >= 11 is 0. The lowest BCUT2D eigenvalue weighted by Gasteiger charge is -2.13. The molecule has 0 saturated heterocycles. The Labute approximate surface area is 148 Å². The van der Waals surface area contributed by atoms with Crippen molar-refractivity contribution in [1.29, 1.82) is 0 Å². The molecule has 0 unspecified atom stereocenters. The summed E-state index contributed by atoms with van der Waals surface area (Å²) < 4.78 is 0. The molecule has 0 atom stereocenters. The summed E-state index contributed by atoms with van der Waals surface area (Å²) in [6.45, 7) is 4.96. The van der Waals surface area contributed by atoms with Crippen LogP contribution in [0.4, 0.5) is 11.8 Å². The lowest BCUT2D eigenvalue weighted by atomic mass is 10.1. The first-order chi connectivity index (χ1) is 12.2. The first-order valence-electron chi connectivity index (χ1n) is 8.54. The molecule has 3 aromatic rings. The number of aromatic nitrogens is 3. The van der Waals surface area contributed by atoms with Crippen LogP contribution < -0.4 is 10.6 Å². The molecule has 0 fully saturated rings. The molecule has 2 N–H and O–H groups in total. The number of anilines is 2. The Balaban J connectivity index is 1.77. The maximum atomic E-state index is 4.64. The maximum Gasteiger partial charge on any atom is 0.225 e. The fourth-order valence-electron chi connectivity index (χ4n) is 2.50. The SMILES string of the molecule is CC(C)Nc1nc(NCCc2ccncc2)cc(-c2ccccc2)n1. The number of hydrogen-bond acceptors (Lipinski definition) is 5. The second kappa shape index (κ2) is 8.24. The van der Waals surface area contributed by atoms with Crippen LogP contribution in [0.25, 0.3) is 11.3 Å². The quantitative estimate of drug-likeness (QED) is 0.684. The van der Waals surface area contributed by atoms with Crippen LogP contribution >= 0.6 is 0 Å². The molecule has 2 heterocycles. The average Bonchev–Trinajstić information content (AvgIpc) is 2.63. The predicted molar refractivity (Wildman–Crippen MR) is 103 cm³/mol. The van der Waals surface area contributed by atoms with E-state index in [-0.39, 0.29) is 6.04 Å². The van der Waals surface area contributed by atoms with Gasteiger partial charge in [-0.1, -0.05) is 30.3 Å². The third-order valence-corrected chi connectivity index (χ3v) is 3.68. The molecule has 0 saturated carbocycles. The van der Waals surface area contributed by atoms with E-state index in [0.29, 0.717) is 5.95 Å². The van der Waals surface area contributed by atoms with E-state index < -0.39 is 0 Å². The molecule has 2 aromatic heterocycles. The molecular weight excluding hydrogens is 310 g/mol. The van der Waals surface area contributed by atoms with Gasteiger partial charge in [0.15, 0.2) is 0 Å². The highest BCUT2D eigenvalue weighted by molar-refractivity contribution is 5.64. The topological polar surface area (TPSA) is 62.7 Å². The fraction of sp³-hybridized carbons (Fsp3) is 0.250. The van der Waals surface area contributed by atoms with E-state index >= 15 is 0 Å². The van der Waals surface area contributed by atoms with E-state index in [1.54, 1.807) is 0 Å². The number of nitrogens with one attached hydrogen (secondary N) is 2. The second-order valence-electron chi connectivity index (χ2n) is 6.16. The highest BCUT2D eigenvalue weighted by Gasteiger charge is 2.07. The predicted octanol–water partition coefficient (Wildman–Crippen LogP) is 4.01. The van der Waals surface area contributed by atoms with Crippen molar-refractivity contribution in [2.45, 2.75) is 26.3 Å². The summed E-state index contributed by atoms with van der Waals surface area (Å²) in [5, 5.41) is 6.70.